The molecule has 0 aliphatic carbocycles. The molecule has 3 rings (SSSR count). The second kappa shape index (κ2) is 4.62. The van der Waals surface area contributed by atoms with E-state index in [1.807, 2.05) is 12.1 Å². The van der Waals surface area contributed by atoms with E-state index in [0.717, 1.165) is 36.2 Å². The normalized spacial score (nSPS) is 22.2. The molecule has 2 N–H and O–H groups in total. The van der Waals surface area contributed by atoms with Crippen LogP contribution in [-0.4, -0.2) is 31.3 Å². The third-order valence-corrected chi connectivity index (χ3v) is 3.60. The van der Waals surface area contributed by atoms with Gasteiger partial charge >= 0.3 is 0 Å². The van der Waals surface area contributed by atoms with Crippen molar-refractivity contribution < 1.29 is 0 Å². The highest BCUT2D eigenvalue weighted by atomic mass is 15.4. The van der Waals surface area contributed by atoms with Crippen molar-refractivity contribution in [3.05, 3.63) is 18.1 Å². The Bertz CT molecular complexity index is 548. The Hall–Kier alpha value is -1.53. The number of hydrogen-bond acceptors (Lipinski definition) is 5. The summed E-state index contributed by atoms with van der Waals surface area (Å²) < 4.78 is 1.79. The second-order valence-corrected chi connectivity index (χ2v) is 4.84. The summed E-state index contributed by atoms with van der Waals surface area (Å²) in [6.45, 7) is 0.920. The predicted octanol–water partition coefficient (Wildman–Crippen LogP) is 1.15. The highest BCUT2D eigenvalue weighted by molar-refractivity contribution is 5.73. The first-order chi connectivity index (χ1) is 8.77. The lowest BCUT2D eigenvalue weighted by Crippen LogP contribution is -2.35. The molecule has 0 amide bonds. The number of aryl methyl sites for hydroxylation is 1. The molecule has 3 heterocycles. The molecule has 2 aromatic rings. The van der Waals surface area contributed by atoms with Gasteiger partial charge in [0.15, 0.2) is 5.65 Å². The maximum absolute atomic E-state index is 6.15. The number of fused-ring (bicyclic) bond motifs is 1. The molecule has 1 aliphatic rings. The molecule has 1 aliphatic heterocycles. The molecule has 1 unspecified atom stereocenters. The van der Waals surface area contributed by atoms with Crippen molar-refractivity contribution in [1.29, 1.82) is 0 Å². The van der Waals surface area contributed by atoms with Gasteiger partial charge in [-0.15, -0.1) is 0 Å². The van der Waals surface area contributed by atoms with Crippen LogP contribution in [0.25, 0.3) is 11.2 Å². The topological polar surface area (TPSA) is 72.9 Å². The van der Waals surface area contributed by atoms with E-state index in [2.05, 4.69) is 15.1 Å². The number of hydrogen-bond donors (Lipinski definition) is 1. The zero-order valence-electron chi connectivity index (χ0n) is 10.6. The van der Waals surface area contributed by atoms with Gasteiger partial charge < -0.3 is 0 Å². The van der Waals surface area contributed by atoms with Gasteiger partial charge in [0, 0.05) is 26.0 Å². The molecule has 0 spiro atoms. The zero-order valence-corrected chi connectivity index (χ0v) is 10.6. The predicted molar refractivity (Wildman–Crippen MR) is 68.4 cm³/mol. The number of nitrogens with zero attached hydrogens (tertiary/aromatic N) is 5. The van der Waals surface area contributed by atoms with Crippen molar-refractivity contribution in [2.45, 2.75) is 31.7 Å². The zero-order chi connectivity index (χ0) is 12.5. The molecular weight excluding hydrogens is 228 g/mol. The van der Waals surface area contributed by atoms with Gasteiger partial charge in [-0.2, -0.15) is 5.10 Å². The number of aromatic nitrogens is 4. The Kier molecular flexibility index (Phi) is 2.97. The minimum atomic E-state index is 0.160. The van der Waals surface area contributed by atoms with E-state index in [1.165, 1.54) is 12.8 Å². The summed E-state index contributed by atoms with van der Waals surface area (Å²) in [5.74, 6) is 6.15. The maximum atomic E-state index is 6.15. The summed E-state index contributed by atoms with van der Waals surface area (Å²) in [4.78, 5) is 8.74. The molecule has 0 saturated carbocycles. The van der Waals surface area contributed by atoms with Crippen molar-refractivity contribution in [3.63, 3.8) is 0 Å². The van der Waals surface area contributed by atoms with E-state index in [4.69, 9.17) is 5.84 Å². The van der Waals surface area contributed by atoms with Crippen LogP contribution in [0.3, 0.4) is 0 Å². The fourth-order valence-corrected chi connectivity index (χ4v) is 2.65. The molecule has 0 bridgehead atoms. The van der Waals surface area contributed by atoms with Gasteiger partial charge in [0.1, 0.15) is 11.2 Å². The molecule has 0 aromatic carbocycles. The molecule has 6 nitrogen and oxygen atoms in total. The van der Waals surface area contributed by atoms with Crippen molar-refractivity contribution in [3.8, 4) is 0 Å². The fourth-order valence-electron chi connectivity index (χ4n) is 2.65. The number of rotatable bonds is 1. The third kappa shape index (κ3) is 1.87. The monoisotopic (exact) mass is 246 g/mol. The molecular formula is C12H18N6. The van der Waals surface area contributed by atoms with Crippen LogP contribution >= 0.6 is 0 Å². The van der Waals surface area contributed by atoms with Crippen molar-refractivity contribution >= 4 is 11.2 Å². The standard InChI is InChI=1S/C12H18N6/c1-17-12-11(14-6-7-15-12)10(16-17)9-5-3-2-4-8-18(9)13/h6-7,9H,2-5,8,13H2,1H3. The minimum Gasteiger partial charge on any atom is -0.268 e. The number of nitrogens with two attached hydrogens (primary N) is 1. The van der Waals surface area contributed by atoms with Crippen LogP contribution in [0.2, 0.25) is 0 Å². The Morgan fingerprint density at radius 2 is 2.06 bits per heavy atom. The van der Waals surface area contributed by atoms with Crippen LogP contribution in [0, 0.1) is 0 Å². The summed E-state index contributed by atoms with van der Waals surface area (Å²) in [7, 11) is 1.90. The molecule has 18 heavy (non-hydrogen) atoms. The Morgan fingerprint density at radius 1 is 1.22 bits per heavy atom. The molecule has 96 valence electrons. The molecule has 6 heteroatoms. The fraction of sp³-hybridized carbons (Fsp3) is 0.583. The summed E-state index contributed by atoms with van der Waals surface area (Å²) in [5, 5.41) is 6.48. The second-order valence-electron chi connectivity index (χ2n) is 4.84. The smallest absolute Gasteiger partial charge is 0.176 e. The van der Waals surface area contributed by atoms with E-state index >= 15 is 0 Å². The Morgan fingerprint density at radius 3 is 2.94 bits per heavy atom. The van der Waals surface area contributed by atoms with Crippen LogP contribution < -0.4 is 5.84 Å². The molecule has 2 aromatic heterocycles. The van der Waals surface area contributed by atoms with E-state index in [0.29, 0.717) is 0 Å². The number of hydrazine groups is 1. The highest BCUT2D eigenvalue weighted by Crippen LogP contribution is 2.30. The van der Waals surface area contributed by atoms with Gasteiger partial charge in [-0.05, 0) is 12.8 Å². The lowest BCUT2D eigenvalue weighted by Gasteiger charge is -2.23. The van der Waals surface area contributed by atoms with Crippen LogP contribution in [0.4, 0.5) is 0 Å². The summed E-state index contributed by atoms with van der Waals surface area (Å²) in [5.41, 5.74) is 2.66. The summed E-state index contributed by atoms with van der Waals surface area (Å²) in [6.07, 6.45) is 8.03. The van der Waals surface area contributed by atoms with Crippen molar-refractivity contribution in [2.75, 3.05) is 6.54 Å². The van der Waals surface area contributed by atoms with Crippen LogP contribution in [0.1, 0.15) is 37.4 Å². The molecule has 1 saturated heterocycles. The average molecular weight is 246 g/mol. The van der Waals surface area contributed by atoms with E-state index in [1.54, 1.807) is 17.1 Å². The lowest BCUT2D eigenvalue weighted by atomic mass is 10.1. The van der Waals surface area contributed by atoms with Crippen molar-refractivity contribution in [2.24, 2.45) is 12.9 Å². The lowest BCUT2D eigenvalue weighted by molar-refractivity contribution is 0.203. The van der Waals surface area contributed by atoms with Crippen LogP contribution in [-0.2, 0) is 7.05 Å². The first-order valence-electron chi connectivity index (χ1n) is 6.42. The summed E-state index contributed by atoms with van der Waals surface area (Å²) >= 11 is 0. The quantitative estimate of drug-likeness (QED) is 0.764. The van der Waals surface area contributed by atoms with Crippen LogP contribution in [0.15, 0.2) is 12.4 Å². The van der Waals surface area contributed by atoms with Gasteiger partial charge in [0.25, 0.3) is 0 Å². The Balaban J connectivity index is 2.07. The highest BCUT2D eigenvalue weighted by Gasteiger charge is 2.26. The van der Waals surface area contributed by atoms with Gasteiger partial charge in [0.05, 0.1) is 6.04 Å². The van der Waals surface area contributed by atoms with Gasteiger partial charge in [0.2, 0.25) is 0 Å². The first kappa shape index (κ1) is 11.6. The van der Waals surface area contributed by atoms with Gasteiger partial charge in [-0.1, -0.05) is 12.8 Å². The molecule has 1 fully saturated rings. The van der Waals surface area contributed by atoms with Crippen LogP contribution in [0.5, 0.6) is 0 Å². The Labute approximate surface area is 106 Å². The first-order valence-corrected chi connectivity index (χ1v) is 6.42. The van der Waals surface area contributed by atoms with E-state index in [9.17, 15) is 0 Å². The van der Waals surface area contributed by atoms with E-state index in [-0.39, 0.29) is 6.04 Å². The minimum absolute atomic E-state index is 0.160. The molecule has 1 atom stereocenters. The van der Waals surface area contributed by atoms with Gasteiger partial charge in [-0.3, -0.25) is 5.84 Å². The SMILES string of the molecule is Cn1nc(C2CCCCCN2N)c2nccnc21. The van der Waals surface area contributed by atoms with Crippen molar-refractivity contribution in [1.82, 2.24) is 24.8 Å². The average Bonchev–Trinajstić information content (AvgIpc) is 2.57. The van der Waals surface area contributed by atoms with Gasteiger partial charge in [-0.25, -0.2) is 19.7 Å². The van der Waals surface area contributed by atoms with E-state index < -0.39 is 0 Å². The molecule has 0 radical (unpaired) electrons. The largest absolute Gasteiger partial charge is 0.268 e. The summed E-state index contributed by atoms with van der Waals surface area (Å²) in [6, 6.07) is 0.160. The third-order valence-electron chi connectivity index (χ3n) is 3.60. The maximum Gasteiger partial charge on any atom is 0.176 e.